The lowest BCUT2D eigenvalue weighted by Crippen LogP contribution is -2.27. The molecule has 4 nitrogen and oxygen atoms in total. The van der Waals surface area contributed by atoms with Crippen LogP contribution in [0.5, 0.6) is 0 Å². The lowest BCUT2D eigenvalue weighted by molar-refractivity contribution is -0.117. The van der Waals surface area contributed by atoms with Gasteiger partial charge in [-0.2, -0.15) is 0 Å². The molecule has 0 spiro atoms. The Balaban J connectivity index is 2.12. The first-order chi connectivity index (χ1) is 8.65. The summed E-state index contributed by atoms with van der Waals surface area (Å²) in [6, 6.07) is 4.19. The van der Waals surface area contributed by atoms with E-state index in [0.717, 1.165) is 38.0 Å². The van der Waals surface area contributed by atoms with Crippen LogP contribution in [0.1, 0.15) is 42.1 Å². The average molecular weight is 247 g/mol. The number of carbonyl (C=O) groups excluding carboxylic acids is 1. The number of carbonyl (C=O) groups is 1. The van der Waals surface area contributed by atoms with E-state index in [1.807, 2.05) is 13.0 Å². The van der Waals surface area contributed by atoms with Crippen molar-refractivity contribution in [3.05, 3.63) is 29.1 Å². The van der Waals surface area contributed by atoms with E-state index in [9.17, 15) is 4.79 Å². The Morgan fingerprint density at radius 3 is 2.83 bits per heavy atom. The Morgan fingerprint density at radius 1 is 1.44 bits per heavy atom. The fraction of sp³-hybridized carbons (Fsp3) is 0.571. The Labute approximate surface area is 108 Å². The molecule has 0 saturated carbocycles. The maximum atomic E-state index is 10.8. The molecule has 2 heterocycles. The van der Waals surface area contributed by atoms with Gasteiger partial charge >= 0.3 is 0 Å². The lowest BCUT2D eigenvalue weighted by atomic mass is 9.92. The van der Waals surface area contributed by atoms with Gasteiger partial charge in [-0.25, -0.2) is 0 Å². The van der Waals surface area contributed by atoms with Gasteiger partial charge in [0, 0.05) is 23.7 Å². The minimum Gasteiger partial charge on any atom is -0.370 e. The van der Waals surface area contributed by atoms with Crippen molar-refractivity contribution in [2.75, 3.05) is 13.1 Å². The van der Waals surface area contributed by atoms with Gasteiger partial charge in [0.2, 0.25) is 5.91 Å². The number of aromatic nitrogens is 1. The summed E-state index contributed by atoms with van der Waals surface area (Å²) in [6.07, 6.45) is 3.42. The molecular weight excluding hydrogens is 226 g/mol. The topological polar surface area (TPSA) is 68.0 Å². The number of amides is 1. The molecule has 98 valence electrons. The first-order valence-electron chi connectivity index (χ1n) is 6.61. The van der Waals surface area contributed by atoms with Crippen LogP contribution in [0.4, 0.5) is 0 Å². The molecule has 1 aromatic heterocycles. The van der Waals surface area contributed by atoms with Crippen LogP contribution in [0.2, 0.25) is 0 Å². The van der Waals surface area contributed by atoms with Crippen LogP contribution in [-0.4, -0.2) is 24.0 Å². The zero-order valence-corrected chi connectivity index (χ0v) is 10.9. The standard InChI is InChI=1S/C14H21N3O/c1-10-8-11(2-3-14(15)18)9-13(17-10)12-4-6-16-7-5-12/h8-9,12,16H,2-7H2,1H3,(H2,15,18). The number of nitrogens with zero attached hydrogens (tertiary/aromatic N) is 1. The van der Waals surface area contributed by atoms with Crippen molar-refractivity contribution in [1.29, 1.82) is 0 Å². The molecule has 1 amide bonds. The largest absolute Gasteiger partial charge is 0.370 e. The molecule has 0 aliphatic carbocycles. The summed E-state index contributed by atoms with van der Waals surface area (Å²) >= 11 is 0. The van der Waals surface area contributed by atoms with E-state index in [4.69, 9.17) is 5.73 Å². The van der Waals surface area contributed by atoms with Crippen molar-refractivity contribution in [2.24, 2.45) is 5.73 Å². The van der Waals surface area contributed by atoms with Gasteiger partial charge in [-0.15, -0.1) is 0 Å². The summed E-state index contributed by atoms with van der Waals surface area (Å²) in [4.78, 5) is 15.5. The van der Waals surface area contributed by atoms with Crippen LogP contribution >= 0.6 is 0 Å². The van der Waals surface area contributed by atoms with E-state index in [-0.39, 0.29) is 5.91 Å². The highest BCUT2D eigenvalue weighted by molar-refractivity contribution is 5.74. The smallest absolute Gasteiger partial charge is 0.217 e. The molecule has 1 aliphatic rings. The van der Waals surface area contributed by atoms with E-state index in [0.29, 0.717) is 12.3 Å². The summed E-state index contributed by atoms with van der Waals surface area (Å²) in [5.41, 5.74) is 8.58. The summed E-state index contributed by atoms with van der Waals surface area (Å²) in [5, 5.41) is 3.36. The highest BCUT2D eigenvalue weighted by Crippen LogP contribution is 2.24. The van der Waals surface area contributed by atoms with E-state index in [1.54, 1.807) is 0 Å². The molecule has 0 atom stereocenters. The predicted molar refractivity (Wildman–Crippen MR) is 71.3 cm³/mol. The number of piperidine rings is 1. The molecule has 1 aromatic rings. The zero-order valence-electron chi connectivity index (χ0n) is 10.9. The average Bonchev–Trinajstić information content (AvgIpc) is 2.37. The molecule has 0 radical (unpaired) electrons. The number of pyridine rings is 1. The molecule has 1 saturated heterocycles. The zero-order chi connectivity index (χ0) is 13.0. The van der Waals surface area contributed by atoms with Crippen molar-refractivity contribution in [3.8, 4) is 0 Å². The van der Waals surface area contributed by atoms with Gasteiger partial charge in [0.25, 0.3) is 0 Å². The third-order valence-electron chi connectivity index (χ3n) is 3.45. The molecule has 4 heteroatoms. The molecule has 1 aliphatic heterocycles. The molecule has 1 fully saturated rings. The van der Waals surface area contributed by atoms with Crippen LogP contribution in [0, 0.1) is 6.92 Å². The monoisotopic (exact) mass is 247 g/mol. The molecular formula is C14H21N3O. The lowest BCUT2D eigenvalue weighted by Gasteiger charge is -2.22. The summed E-state index contributed by atoms with van der Waals surface area (Å²) in [6.45, 7) is 4.14. The highest BCUT2D eigenvalue weighted by Gasteiger charge is 2.17. The quantitative estimate of drug-likeness (QED) is 0.842. The normalized spacial score (nSPS) is 16.7. The maximum absolute atomic E-state index is 10.8. The van der Waals surface area contributed by atoms with Crippen LogP contribution in [0.3, 0.4) is 0 Å². The van der Waals surface area contributed by atoms with Crippen LogP contribution < -0.4 is 11.1 Å². The van der Waals surface area contributed by atoms with Crippen molar-refractivity contribution in [3.63, 3.8) is 0 Å². The number of hydrogen-bond acceptors (Lipinski definition) is 3. The number of aryl methyl sites for hydroxylation is 2. The van der Waals surface area contributed by atoms with E-state index < -0.39 is 0 Å². The van der Waals surface area contributed by atoms with E-state index in [1.165, 1.54) is 11.3 Å². The number of nitrogens with two attached hydrogens (primary N) is 1. The SMILES string of the molecule is Cc1cc(CCC(N)=O)cc(C2CCNCC2)n1. The van der Waals surface area contributed by atoms with Crippen LogP contribution in [-0.2, 0) is 11.2 Å². The Morgan fingerprint density at radius 2 is 2.17 bits per heavy atom. The van der Waals surface area contributed by atoms with E-state index in [2.05, 4.69) is 16.4 Å². The van der Waals surface area contributed by atoms with Gasteiger partial charge in [-0.1, -0.05) is 0 Å². The first kappa shape index (κ1) is 13.0. The van der Waals surface area contributed by atoms with Crippen molar-refractivity contribution in [2.45, 2.75) is 38.5 Å². The van der Waals surface area contributed by atoms with Gasteiger partial charge in [-0.05, 0) is 57.0 Å². The van der Waals surface area contributed by atoms with Crippen molar-refractivity contribution >= 4 is 5.91 Å². The molecule has 2 rings (SSSR count). The predicted octanol–water partition coefficient (Wildman–Crippen LogP) is 1.27. The second-order valence-electron chi connectivity index (χ2n) is 5.03. The Hall–Kier alpha value is -1.42. The second kappa shape index (κ2) is 5.96. The number of rotatable bonds is 4. The third-order valence-corrected chi connectivity index (χ3v) is 3.45. The third kappa shape index (κ3) is 3.53. The maximum Gasteiger partial charge on any atom is 0.217 e. The highest BCUT2D eigenvalue weighted by atomic mass is 16.1. The minimum absolute atomic E-state index is 0.243. The Bertz CT molecular complexity index is 425. The number of primary amides is 1. The van der Waals surface area contributed by atoms with Gasteiger partial charge in [0.05, 0.1) is 0 Å². The van der Waals surface area contributed by atoms with Crippen LogP contribution in [0.15, 0.2) is 12.1 Å². The summed E-state index contributed by atoms with van der Waals surface area (Å²) < 4.78 is 0. The Kier molecular flexibility index (Phi) is 4.31. The fourth-order valence-corrected chi connectivity index (χ4v) is 2.51. The van der Waals surface area contributed by atoms with Crippen LogP contribution in [0.25, 0.3) is 0 Å². The summed E-state index contributed by atoms with van der Waals surface area (Å²) in [5.74, 6) is 0.311. The van der Waals surface area contributed by atoms with E-state index >= 15 is 0 Å². The van der Waals surface area contributed by atoms with Crippen molar-refractivity contribution in [1.82, 2.24) is 10.3 Å². The number of hydrogen-bond donors (Lipinski definition) is 2. The minimum atomic E-state index is -0.243. The van der Waals surface area contributed by atoms with Gasteiger partial charge < -0.3 is 11.1 Å². The second-order valence-corrected chi connectivity index (χ2v) is 5.03. The van der Waals surface area contributed by atoms with Gasteiger partial charge in [-0.3, -0.25) is 9.78 Å². The van der Waals surface area contributed by atoms with Gasteiger partial charge in [0.15, 0.2) is 0 Å². The molecule has 0 aromatic carbocycles. The molecule has 0 unspecified atom stereocenters. The first-order valence-corrected chi connectivity index (χ1v) is 6.61. The molecule has 18 heavy (non-hydrogen) atoms. The van der Waals surface area contributed by atoms with Crippen molar-refractivity contribution < 1.29 is 4.79 Å². The summed E-state index contributed by atoms with van der Waals surface area (Å²) in [7, 11) is 0. The number of nitrogens with one attached hydrogen (secondary N) is 1. The molecule has 3 N–H and O–H groups in total. The fourth-order valence-electron chi connectivity index (χ4n) is 2.51. The van der Waals surface area contributed by atoms with Gasteiger partial charge in [0.1, 0.15) is 0 Å². The molecule has 0 bridgehead atoms.